The van der Waals surface area contributed by atoms with Crippen LogP contribution in [0.15, 0.2) is 41.5 Å². The monoisotopic (exact) mass is 342 g/mol. The molecule has 0 aliphatic carbocycles. The molecule has 0 spiro atoms. The Labute approximate surface area is 146 Å². The molecule has 0 aliphatic rings. The standard InChI is InChI=1S/C19H22N2O4/c1-5-21-12-15(19(24)25-6-2)18(23)14-8-7-13(11-16(14)21)17(22)9-10-20(3)4/h7-12H,5-6H2,1-4H3/b10-9+. The smallest absolute Gasteiger partial charge is 0.343 e. The van der Waals surface area contributed by atoms with Crippen LogP contribution in [0.1, 0.15) is 34.6 Å². The van der Waals surface area contributed by atoms with E-state index in [-0.39, 0.29) is 23.4 Å². The topological polar surface area (TPSA) is 68.6 Å². The molecule has 0 N–H and O–H groups in total. The van der Waals surface area contributed by atoms with E-state index in [9.17, 15) is 14.4 Å². The van der Waals surface area contributed by atoms with Gasteiger partial charge in [0.2, 0.25) is 5.43 Å². The Balaban J connectivity index is 2.59. The van der Waals surface area contributed by atoms with E-state index < -0.39 is 5.97 Å². The number of rotatable bonds is 6. The lowest BCUT2D eigenvalue weighted by atomic mass is 10.1. The average molecular weight is 342 g/mol. The maximum atomic E-state index is 12.6. The number of carbonyl (C=O) groups excluding carboxylic acids is 2. The first kappa shape index (κ1) is 18.4. The molecule has 1 aromatic heterocycles. The maximum absolute atomic E-state index is 12.6. The molecule has 0 radical (unpaired) electrons. The van der Waals surface area contributed by atoms with Gasteiger partial charge in [0.1, 0.15) is 5.56 Å². The number of nitrogens with zero attached hydrogens (tertiary/aromatic N) is 2. The zero-order valence-electron chi connectivity index (χ0n) is 14.9. The van der Waals surface area contributed by atoms with Crippen molar-refractivity contribution in [2.75, 3.05) is 20.7 Å². The highest BCUT2D eigenvalue weighted by molar-refractivity contribution is 6.06. The SMILES string of the molecule is CCOC(=O)c1cn(CC)c2cc(C(=O)/C=C/N(C)C)ccc2c1=O. The molecule has 6 heteroatoms. The summed E-state index contributed by atoms with van der Waals surface area (Å²) in [6, 6.07) is 4.86. The quantitative estimate of drug-likeness (QED) is 0.458. The summed E-state index contributed by atoms with van der Waals surface area (Å²) in [5, 5.41) is 0.389. The molecular weight excluding hydrogens is 320 g/mol. The largest absolute Gasteiger partial charge is 0.462 e. The minimum Gasteiger partial charge on any atom is -0.462 e. The summed E-state index contributed by atoms with van der Waals surface area (Å²) in [7, 11) is 3.66. The second-order valence-electron chi connectivity index (χ2n) is 5.75. The molecule has 0 amide bonds. The van der Waals surface area contributed by atoms with Crippen LogP contribution in [0.3, 0.4) is 0 Å². The van der Waals surface area contributed by atoms with E-state index in [1.165, 1.54) is 12.3 Å². The van der Waals surface area contributed by atoms with Gasteiger partial charge in [-0.05, 0) is 26.0 Å². The first-order chi connectivity index (χ1) is 11.9. The van der Waals surface area contributed by atoms with Gasteiger partial charge in [0.25, 0.3) is 0 Å². The molecule has 0 aliphatic heterocycles. The van der Waals surface area contributed by atoms with Crippen LogP contribution >= 0.6 is 0 Å². The number of aryl methyl sites for hydroxylation is 1. The molecule has 0 saturated heterocycles. The normalized spacial score (nSPS) is 11.0. The Morgan fingerprint density at radius 2 is 1.96 bits per heavy atom. The fraction of sp³-hybridized carbons (Fsp3) is 0.316. The van der Waals surface area contributed by atoms with Crippen LogP contribution in [0.4, 0.5) is 0 Å². The minimum absolute atomic E-state index is 0.00257. The lowest BCUT2D eigenvalue weighted by Crippen LogP contribution is -2.21. The van der Waals surface area contributed by atoms with E-state index in [0.717, 1.165) is 0 Å². The number of esters is 1. The molecule has 6 nitrogen and oxygen atoms in total. The third-order valence-corrected chi connectivity index (χ3v) is 3.73. The molecule has 0 fully saturated rings. The number of fused-ring (bicyclic) bond motifs is 1. The van der Waals surface area contributed by atoms with E-state index in [2.05, 4.69) is 0 Å². The van der Waals surface area contributed by atoms with E-state index >= 15 is 0 Å². The van der Waals surface area contributed by atoms with Crippen molar-refractivity contribution in [1.82, 2.24) is 9.47 Å². The van der Waals surface area contributed by atoms with Crippen molar-refractivity contribution in [1.29, 1.82) is 0 Å². The van der Waals surface area contributed by atoms with E-state index in [0.29, 0.717) is 23.0 Å². The molecule has 0 unspecified atom stereocenters. The summed E-state index contributed by atoms with van der Waals surface area (Å²) >= 11 is 0. The van der Waals surface area contributed by atoms with Crippen molar-refractivity contribution in [2.24, 2.45) is 0 Å². The molecule has 0 saturated carbocycles. The average Bonchev–Trinajstić information content (AvgIpc) is 2.59. The molecule has 1 heterocycles. The van der Waals surface area contributed by atoms with Gasteiger partial charge >= 0.3 is 5.97 Å². The van der Waals surface area contributed by atoms with Gasteiger partial charge in [-0.25, -0.2) is 4.79 Å². The number of hydrogen-bond donors (Lipinski definition) is 0. The van der Waals surface area contributed by atoms with E-state index in [1.807, 2.05) is 21.0 Å². The lowest BCUT2D eigenvalue weighted by Gasteiger charge is -2.12. The molecule has 2 rings (SSSR count). The predicted octanol–water partition coefficient (Wildman–Crippen LogP) is 2.46. The van der Waals surface area contributed by atoms with Crippen molar-refractivity contribution in [2.45, 2.75) is 20.4 Å². The van der Waals surface area contributed by atoms with Crippen LogP contribution in [-0.4, -0.2) is 41.9 Å². The fourth-order valence-corrected chi connectivity index (χ4v) is 2.47. The van der Waals surface area contributed by atoms with Gasteiger partial charge in [0.05, 0.1) is 12.1 Å². The molecule has 1 aromatic carbocycles. The Hall–Kier alpha value is -2.89. The number of ether oxygens (including phenoxy) is 1. The Morgan fingerprint density at radius 1 is 1.24 bits per heavy atom. The number of hydrogen-bond acceptors (Lipinski definition) is 5. The van der Waals surface area contributed by atoms with E-state index in [1.54, 1.807) is 40.8 Å². The zero-order chi connectivity index (χ0) is 18.6. The van der Waals surface area contributed by atoms with Crippen molar-refractivity contribution in [3.63, 3.8) is 0 Å². The predicted molar refractivity (Wildman–Crippen MR) is 97.0 cm³/mol. The molecule has 25 heavy (non-hydrogen) atoms. The van der Waals surface area contributed by atoms with Crippen molar-refractivity contribution in [3.05, 3.63) is 58.0 Å². The molecule has 132 valence electrons. The van der Waals surface area contributed by atoms with Gasteiger partial charge < -0.3 is 14.2 Å². The third kappa shape index (κ3) is 3.96. The van der Waals surface area contributed by atoms with Crippen LogP contribution in [0.5, 0.6) is 0 Å². The fourth-order valence-electron chi connectivity index (χ4n) is 2.47. The number of ketones is 1. The Kier molecular flexibility index (Phi) is 5.75. The molecule has 0 bridgehead atoms. The van der Waals surface area contributed by atoms with Gasteiger partial charge in [-0.1, -0.05) is 6.07 Å². The minimum atomic E-state index is -0.634. The molecule has 2 aromatic rings. The summed E-state index contributed by atoms with van der Waals surface area (Å²) in [6.45, 7) is 4.35. The van der Waals surface area contributed by atoms with Crippen LogP contribution in [0.25, 0.3) is 10.9 Å². The highest BCUT2D eigenvalue weighted by Gasteiger charge is 2.17. The maximum Gasteiger partial charge on any atom is 0.343 e. The van der Waals surface area contributed by atoms with Crippen LogP contribution in [0, 0.1) is 0 Å². The summed E-state index contributed by atoms with van der Waals surface area (Å²) in [5.41, 5.74) is 0.712. The number of benzene rings is 1. The van der Waals surface area contributed by atoms with Crippen molar-refractivity contribution in [3.8, 4) is 0 Å². The highest BCUT2D eigenvalue weighted by atomic mass is 16.5. The van der Waals surface area contributed by atoms with Gasteiger partial charge in [0, 0.05) is 50.1 Å². The van der Waals surface area contributed by atoms with Crippen molar-refractivity contribution < 1.29 is 14.3 Å². The van der Waals surface area contributed by atoms with Crippen LogP contribution < -0.4 is 5.43 Å². The third-order valence-electron chi connectivity index (χ3n) is 3.73. The second kappa shape index (κ2) is 7.79. The first-order valence-corrected chi connectivity index (χ1v) is 8.12. The number of aromatic nitrogens is 1. The summed E-state index contributed by atoms with van der Waals surface area (Å²) in [5.74, 6) is -0.786. The Morgan fingerprint density at radius 3 is 2.56 bits per heavy atom. The number of allylic oxidation sites excluding steroid dienone is 1. The van der Waals surface area contributed by atoms with Gasteiger partial charge in [0.15, 0.2) is 5.78 Å². The second-order valence-corrected chi connectivity index (χ2v) is 5.75. The van der Waals surface area contributed by atoms with Gasteiger partial charge in [-0.15, -0.1) is 0 Å². The van der Waals surface area contributed by atoms with Crippen LogP contribution in [0.2, 0.25) is 0 Å². The molecule has 0 atom stereocenters. The number of carbonyl (C=O) groups is 2. The van der Waals surface area contributed by atoms with E-state index in [4.69, 9.17) is 4.74 Å². The van der Waals surface area contributed by atoms with Gasteiger partial charge in [-0.2, -0.15) is 0 Å². The molecular formula is C19H22N2O4. The van der Waals surface area contributed by atoms with Gasteiger partial charge in [-0.3, -0.25) is 9.59 Å². The summed E-state index contributed by atoms with van der Waals surface area (Å²) < 4.78 is 6.73. The first-order valence-electron chi connectivity index (χ1n) is 8.12. The van der Waals surface area contributed by atoms with Crippen molar-refractivity contribution >= 4 is 22.7 Å². The van der Waals surface area contributed by atoms with Crippen LogP contribution in [-0.2, 0) is 11.3 Å². The number of pyridine rings is 1. The lowest BCUT2D eigenvalue weighted by molar-refractivity contribution is 0.0524. The zero-order valence-corrected chi connectivity index (χ0v) is 14.9. The Bertz CT molecular complexity index is 894. The summed E-state index contributed by atoms with van der Waals surface area (Å²) in [4.78, 5) is 38.6. The summed E-state index contributed by atoms with van der Waals surface area (Å²) in [6.07, 6.45) is 4.64. The highest BCUT2D eigenvalue weighted by Crippen LogP contribution is 2.16.